The van der Waals surface area contributed by atoms with Gasteiger partial charge in [-0.2, -0.15) is 0 Å². The molecule has 1 aliphatic rings. The number of likely N-dealkylation sites (N-methyl/N-ethyl adjacent to an activating group) is 1. The van der Waals surface area contributed by atoms with Gasteiger partial charge in [0.2, 0.25) is 0 Å². The molecule has 1 aromatic carbocycles. The number of aliphatic hydroxyl groups excluding tert-OH is 1. The lowest BCUT2D eigenvalue weighted by atomic mass is 10.1. The van der Waals surface area contributed by atoms with Gasteiger partial charge in [0, 0.05) is 30.7 Å². The van der Waals surface area contributed by atoms with E-state index in [0.29, 0.717) is 6.54 Å². The van der Waals surface area contributed by atoms with E-state index in [0.717, 1.165) is 18.1 Å². The van der Waals surface area contributed by atoms with Crippen LogP contribution < -0.4 is 5.32 Å². The number of nitrogens with zero attached hydrogens (tertiary/aromatic N) is 1. The van der Waals surface area contributed by atoms with Crippen molar-refractivity contribution in [1.29, 1.82) is 0 Å². The Morgan fingerprint density at radius 2 is 2.06 bits per heavy atom. The fourth-order valence-corrected chi connectivity index (χ4v) is 2.22. The molecule has 1 heterocycles. The summed E-state index contributed by atoms with van der Waals surface area (Å²) in [6.07, 6.45) is -0.266. The smallest absolute Gasteiger partial charge is 0.0831 e. The van der Waals surface area contributed by atoms with Crippen LogP contribution in [0.2, 0.25) is 5.02 Å². The average Bonchev–Trinajstić information content (AvgIpc) is 2.68. The van der Waals surface area contributed by atoms with Crippen LogP contribution in [0.25, 0.3) is 0 Å². The Morgan fingerprint density at radius 1 is 1.38 bits per heavy atom. The lowest BCUT2D eigenvalue weighted by Crippen LogP contribution is -2.40. The van der Waals surface area contributed by atoms with E-state index in [2.05, 4.69) is 10.2 Å². The normalized spacial score (nSPS) is 25.2. The molecule has 0 spiro atoms. The van der Waals surface area contributed by atoms with Gasteiger partial charge in [-0.15, -0.1) is 0 Å². The number of halogens is 1. The Balaban J connectivity index is 1.96. The van der Waals surface area contributed by atoms with E-state index >= 15 is 0 Å². The molecule has 2 atom stereocenters. The molecule has 88 valence electrons. The molecule has 0 aliphatic carbocycles. The highest BCUT2D eigenvalue weighted by atomic mass is 35.5. The minimum Gasteiger partial charge on any atom is -0.390 e. The highest BCUT2D eigenvalue weighted by Gasteiger charge is 2.28. The van der Waals surface area contributed by atoms with Crippen LogP contribution in [0.1, 0.15) is 5.56 Å². The summed E-state index contributed by atoms with van der Waals surface area (Å²) in [5, 5.41) is 13.7. The summed E-state index contributed by atoms with van der Waals surface area (Å²) in [7, 11) is 2.04. The Kier molecular flexibility index (Phi) is 3.82. The minimum absolute atomic E-state index is 0.204. The molecule has 1 saturated heterocycles. The van der Waals surface area contributed by atoms with Crippen molar-refractivity contribution >= 4 is 11.6 Å². The summed E-state index contributed by atoms with van der Waals surface area (Å²) in [5.41, 5.74) is 1.21. The molecule has 2 rings (SSSR count). The average molecular weight is 241 g/mol. The maximum absolute atomic E-state index is 9.76. The molecule has 0 bridgehead atoms. The van der Waals surface area contributed by atoms with Crippen LogP contribution in [0.15, 0.2) is 24.3 Å². The second-order valence-electron chi connectivity index (χ2n) is 4.33. The predicted octanol–water partition coefficient (Wildman–Crippen LogP) is 1.10. The Hall–Kier alpha value is -0.610. The number of β-amino-alcohol motifs (C(OH)–C–C–N with tert-alkyl or cyclic N) is 1. The van der Waals surface area contributed by atoms with Crippen LogP contribution in [0.5, 0.6) is 0 Å². The zero-order chi connectivity index (χ0) is 11.5. The number of hydrogen-bond acceptors (Lipinski definition) is 3. The zero-order valence-corrected chi connectivity index (χ0v) is 10.1. The highest BCUT2D eigenvalue weighted by Crippen LogP contribution is 2.14. The number of benzene rings is 1. The van der Waals surface area contributed by atoms with Crippen molar-refractivity contribution in [3.63, 3.8) is 0 Å². The summed E-state index contributed by atoms with van der Waals surface area (Å²) in [6.45, 7) is 2.38. The van der Waals surface area contributed by atoms with E-state index in [-0.39, 0.29) is 12.1 Å². The summed E-state index contributed by atoms with van der Waals surface area (Å²) in [4.78, 5) is 2.17. The van der Waals surface area contributed by atoms with Crippen LogP contribution in [0, 0.1) is 0 Å². The molecule has 2 N–H and O–H groups in total. The molecule has 2 unspecified atom stereocenters. The van der Waals surface area contributed by atoms with Gasteiger partial charge >= 0.3 is 0 Å². The minimum atomic E-state index is -0.266. The topological polar surface area (TPSA) is 35.5 Å². The van der Waals surface area contributed by atoms with Gasteiger partial charge in [0.1, 0.15) is 0 Å². The number of nitrogens with one attached hydrogen (secondary N) is 1. The molecule has 1 aromatic rings. The van der Waals surface area contributed by atoms with Crippen molar-refractivity contribution < 1.29 is 5.11 Å². The van der Waals surface area contributed by atoms with Gasteiger partial charge < -0.3 is 10.4 Å². The number of aliphatic hydroxyl groups is 1. The summed E-state index contributed by atoms with van der Waals surface area (Å²) in [5.74, 6) is 0. The SMILES string of the molecule is CN(Cc1ccc(Cl)cc1)C1CNCC1O. The largest absolute Gasteiger partial charge is 0.390 e. The van der Waals surface area contributed by atoms with E-state index < -0.39 is 0 Å². The first-order chi connectivity index (χ1) is 7.66. The maximum Gasteiger partial charge on any atom is 0.0831 e. The van der Waals surface area contributed by atoms with E-state index in [9.17, 15) is 5.11 Å². The van der Waals surface area contributed by atoms with Crippen molar-refractivity contribution in [3.8, 4) is 0 Å². The van der Waals surface area contributed by atoms with E-state index in [1.807, 2.05) is 31.3 Å². The molecule has 1 aliphatic heterocycles. The van der Waals surface area contributed by atoms with Crippen molar-refractivity contribution in [2.24, 2.45) is 0 Å². The van der Waals surface area contributed by atoms with Gasteiger partial charge in [0.15, 0.2) is 0 Å². The molecular weight excluding hydrogens is 224 g/mol. The quantitative estimate of drug-likeness (QED) is 0.831. The Labute approximate surface area is 101 Å². The molecular formula is C12H17ClN2O. The first kappa shape index (κ1) is 11.9. The third-order valence-electron chi connectivity index (χ3n) is 3.06. The van der Waals surface area contributed by atoms with Crippen molar-refractivity contribution in [1.82, 2.24) is 10.2 Å². The summed E-state index contributed by atoms with van der Waals surface area (Å²) < 4.78 is 0. The monoisotopic (exact) mass is 240 g/mol. The molecule has 3 nitrogen and oxygen atoms in total. The lowest BCUT2D eigenvalue weighted by molar-refractivity contribution is 0.0955. The van der Waals surface area contributed by atoms with Crippen molar-refractivity contribution in [2.45, 2.75) is 18.7 Å². The molecule has 0 amide bonds. The predicted molar refractivity (Wildman–Crippen MR) is 65.6 cm³/mol. The van der Waals surface area contributed by atoms with Crippen molar-refractivity contribution in [2.75, 3.05) is 20.1 Å². The molecule has 0 saturated carbocycles. The second kappa shape index (κ2) is 5.15. The van der Waals surface area contributed by atoms with Gasteiger partial charge in [0.25, 0.3) is 0 Å². The van der Waals surface area contributed by atoms with Gasteiger partial charge in [-0.1, -0.05) is 23.7 Å². The zero-order valence-electron chi connectivity index (χ0n) is 9.36. The number of hydrogen-bond donors (Lipinski definition) is 2. The highest BCUT2D eigenvalue weighted by molar-refractivity contribution is 6.30. The molecule has 0 aromatic heterocycles. The lowest BCUT2D eigenvalue weighted by Gasteiger charge is -2.26. The standard InChI is InChI=1S/C12H17ClN2O/c1-15(11-6-14-7-12(11)16)8-9-2-4-10(13)5-3-9/h2-5,11-12,14,16H,6-8H2,1H3. The van der Waals surface area contributed by atoms with E-state index in [1.54, 1.807) is 0 Å². The van der Waals surface area contributed by atoms with Crippen LogP contribution in [-0.2, 0) is 6.54 Å². The maximum atomic E-state index is 9.76. The third kappa shape index (κ3) is 2.74. The molecule has 16 heavy (non-hydrogen) atoms. The van der Waals surface area contributed by atoms with Gasteiger partial charge in [-0.05, 0) is 24.7 Å². The van der Waals surface area contributed by atoms with Crippen LogP contribution in [0.4, 0.5) is 0 Å². The third-order valence-corrected chi connectivity index (χ3v) is 3.31. The number of rotatable bonds is 3. The first-order valence-electron chi connectivity index (χ1n) is 5.50. The van der Waals surface area contributed by atoms with E-state index in [4.69, 9.17) is 11.6 Å². The Morgan fingerprint density at radius 3 is 2.62 bits per heavy atom. The summed E-state index contributed by atoms with van der Waals surface area (Å²) >= 11 is 5.83. The van der Waals surface area contributed by atoms with Crippen LogP contribution in [-0.4, -0.2) is 42.3 Å². The first-order valence-corrected chi connectivity index (χ1v) is 5.88. The van der Waals surface area contributed by atoms with Crippen LogP contribution in [0.3, 0.4) is 0 Å². The Bertz CT molecular complexity index is 341. The molecule has 1 fully saturated rings. The van der Waals surface area contributed by atoms with Crippen molar-refractivity contribution in [3.05, 3.63) is 34.9 Å². The van der Waals surface area contributed by atoms with Gasteiger partial charge in [0.05, 0.1) is 6.10 Å². The second-order valence-corrected chi connectivity index (χ2v) is 4.77. The van der Waals surface area contributed by atoms with E-state index in [1.165, 1.54) is 5.56 Å². The van der Waals surface area contributed by atoms with Gasteiger partial charge in [-0.25, -0.2) is 0 Å². The molecule has 4 heteroatoms. The fraction of sp³-hybridized carbons (Fsp3) is 0.500. The fourth-order valence-electron chi connectivity index (χ4n) is 2.10. The summed E-state index contributed by atoms with van der Waals surface area (Å²) in [6, 6.07) is 8.04. The van der Waals surface area contributed by atoms with Crippen LogP contribution >= 0.6 is 11.6 Å². The molecule has 0 radical (unpaired) electrons. The van der Waals surface area contributed by atoms with Gasteiger partial charge in [-0.3, -0.25) is 4.90 Å².